The first kappa shape index (κ1) is 18.7. The average molecular weight is 414 g/mol. The summed E-state index contributed by atoms with van der Waals surface area (Å²) in [6.45, 7) is 3.06. The fraction of sp³-hybridized carbons (Fsp3) is 0.318. The van der Waals surface area contributed by atoms with Crippen LogP contribution in [0.2, 0.25) is 0 Å². The minimum Gasteiger partial charge on any atom is -0.450 e. The molecule has 0 unspecified atom stereocenters. The maximum absolute atomic E-state index is 13.0. The average Bonchev–Trinajstić information content (AvgIpc) is 3.03. The van der Waals surface area contributed by atoms with Gasteiger partial charge in [-0.15, -0.1) is 0 Å². The number of hydrogen-bond acceptors (Lipinski definition) is 3. The zero-order valence-corrected chi connectivity index (χ0v) is 16.6. The maximum atomic E-state index is 13.0. The molecule has 0 amide bonds. The molecule has 0 aliphatic carbocycles. The number of carbonyl (C=O) groups is 1. The predicted octanol–water partition coefficient (Wildman–Crippen LogP) is 6.81. The van der Waals surface area contributed by atoms with Gasteiger partial charge in [-0.3, -0.25) is 4.79 Å². The Hall–Kier alpha value is -2.07. The molecule has 0 radical (unpaired) electrons. The number of benzene rings is 2. The molecular formula is C22H24BrNO2. The van der Waals surface area contributed by atoms with E-state index in [0.29, 0.717) is 11.3 Å². The van der Waals surface area contributed by atoms with Gasteiger partial charge >= 0.3 is 0 Å². The van der Waals surface area contributed by atoms with E-state index in [1.807, 2.05) is 48.5 Å². The van der Waals surface area contributed by atoms with Crippen molar-refractivity contribution >= 4 is 38.4 Å². The zero-order chi connectivity index (χ0) is 18.4. The predicted molar refractivity (Wildman–Crippen MR) is 111 cm³/mol. The van der Waals surface area contributed by atoms with Gasteiger partial charge < -0.3 is 9.73 Å². The largest absolute Gasteiger partial charge is 0.450 e. The van der Waals surface area contributed by atoms with Crippen molar-refractivity contribution in [2.75, 3.05) is 11.9 Å². The second-order valence-corrected chi connectivity index (χ2v) is 7.40. The number of furan rings is 1. The van der Waals surface area contributed by atoms with Gasteiger partial charge in [-0.05, 0) is 42.8 Å². The quantitative estimate of drug-likeness (QED) is 0.309. The van der Waals surface area contributed by atoms with E-state index in [9.17, 15) is 4.79 Å². The third-order valence-corrected chi connectivity index (χ3v) is 5.02. The van der Waals surface area contributed by atoms with Crippen LogP contribution in [0.3, 0.4) is 0 Å². The standard InChI is InChI=1S/C22H24BrNO2/c1-2-3-4-5-8-15-24-20-18-9-6-7-10-19(18)26-22(20)21(25)16-11-13-17(23)14-12-16/h6-7,9-14,24H,2-5,8,15H2,1H3. The van der Waals surface area contributed by atoms with Gasteiger partial charge in [0.1, 0.15) is 5.58 Å². The molecule has 1 heterocycles. The van der Waals surface area contributed by atoms with Crippen LogP contribution < -0.4 is 5.32 Å². The highest BCUT2D eigenvalue weighted by Crippen LogP contribution is 2.32. The smallest absolute Gasteiger partial charge is 0.230 e. The summed E-state index contributed by atoms with van der Waals surface area (Å²) in [7, 11) is 0. The second kappa shape index (κ2) is 9.04. The summed E-state index contributed by atoms with van der Waals surface area (Å²) in [6.07, 6.45) is 6.07. The van der Waals surface area contributed by atoms with E-state index >= 15 is 0 Å². The number of halogens is 1. The lowest BCUT2D eigenvalue weighted by atomic mass is 10.1. The lowest BCUT2D eigenvalue weighted by Gasteiger charge is -2.07. The van der Waals surface area contributed by atoms with Gasteiger partial charge in [0.2, 0.25) is 5.78 Å². The van der Waals surface area contributed by atoms with Crippen LogP contribution in [0, 0.1) is 0 Å². The summed E-state index contributed by atoms with van der Waals surface area (Å²) in [5, 5.41) is 4.41. The van der Waals surface area contributed by atoms with Crippen LogP contribution in [0.1, 0.15) is 55.1 Å². The minimum atomic E-state index is -0.0952. The number of ketones is 1. The first-order chi connectivity index (χ1) is 12.7. The van der Waals surface area contributed by atoms with E-state index in [2.05, 4.69) is 28.2 Å². The van der Waals surface area contributed by atoms with Crippen molar-refractivity contribution in [2.45, 2.75) is 39.0 Å². The van der Waals surface area contributed by atoms with Crippen molar-refractivity contribution in [1.82, 2.24) is 0 Å². The summed E-state index contributed by atoms with van der Waals surface area (Å²) in [6, 6.07) is 15.2. The molecule has 136 valence electrons. The van der Waals surface area contributed by atoms with E-state index in [0.717, 1.165) is 34.1 Å². The zero-order valence-electron chi connectivity index (χ0n) is 15.1. The summed E-state index contributed by atoms with van der Waals surface area (Å²) in [5.41, 5.74) is 2.17. The first-order valence-corrected chi connectivity index (χ1v) is 10.1. The molecule has 0 aliphatic heterocycles. The number of para-hydroxylation sites is 1. The van der Waals surface area contributed by atoms with Crippen molar-refractivity contribution < 1.29 is 9.21 Å². The van der Waals surface area contributed by atoms with Gasteiger partial charge in [-0.1, -0.05) is 60.7 Å². The number of hydrogen-bond donors (Lipinski definition) is 1. The third-order valence-electron chi connectivity index (χ3n) is 4.49. The molecule has 3 nitrogen and oxygen atoms in total. The lowest BCUT2D eigenvalue weighted by Crippen LogP contribution is -2.07. The molecule has 26 heavy (non-hydrogen) atoms. The van der Waals surface area contributed by atoms with Gasteiger partial charge in [0, 0.05) is 22.0 Å². The van der Waals surface area contributed by atoms with Crippen molar-refractivity contribution in [3.8, 4) is 0 Å². The highest BCUT2D eigenvalue weighted by atomic mass is 79.9. The highest BCUT2D eigenvalue weighted by Gasteiger charge is 2.21. The third kappa shape index (κ3) is 4.36. The Balaban J connectivity index is 1.82. The van der Waals surface area contributed by atoms with Crippen molar-refractivity contribution in [2.24, 2.45) is 0 Å². The summed E-state index contributed by atoms with van der Waals surface area (Å²) in [4.78, 5) is 13.0. The molecule has 0 spiro atoms. The number of nitrogens with one attached hydrogen (secondary N) is 1. The van der Waals surface area contributed by atoms with Crippen LogP contribution in [0.25, 0.3) is 11.0 Å². The van der Waals surface area contributed by atoms with Gasteiger partial charge in [0.25, 0.3) is 0 Å². The van der Waals surface area contributed by atoms with E-state index in [-0.39, 0.29) is 5.78 Å². The molecule has 0 saturated carbocycles. The molecule has 0 fully saturated rings. The molecule has 0 saturated heterocycles. The van der Waals surface area contributed by atoms with E-state index in [4.69, 9.17) is 4.42 Å². The molecule has 4 heteroatoms. The van der Waals surface area contributed by atoms with E-state index < -0.39 is 0 Å². The first-order valence-electron chi connectivity index (χ1n) is 9.26. The van der Waals surface area contributed by atoms with E-state index in [1.54, 1.807) is 0 Å². The molecule has 1 aromatic heterocycles. The number of anilines is 1. The molecule has 1 N–H and O–H groups in total. The number of carbonyl (C=O) groups excluding carboxylic acids is 1. The molecule has 3 rings (SSSR count). The lowest BCUT2D eigenvalue weighted by molar-refractivity contribution is 0.101. The van der Waals surface area contributed by atoms with Crippen molar-refractivity contribution in [1.29, 1.82) is 0 Å². The van der Waals surface area contributed by atoms with Crippen LogP contribution >= 0.6 is 15.9 Å². The maximum Gasteiger partial charge on any atom is 0.230 e. The summed E-state index contributed by atoms with van der Waals surface area (Å²) >= 11 is 3.41. The van der Waals surface area contributed by atoms with Crippen LogP contribution in [0.4, 0.5) is 5.69 Å². The number of fused-ring (bicyclic) bond motifs is 1. The number of rotatable bonds is 9. The Bertz CT molecular complexity index is 867. The van der Waals surface area contributed by atoms with Crippen molar-refractivity contribution in [3.63, 3.8) is 0 Å². The van der Waals surface area contributed by atoms with Crippen LogP contribution in [0.5, 0.6) is 0 Å². The minimum absolute atomic E-state index is 0.0952. The molecule has 0 atom stereocenters. The fourth-order valence-corrected chi connectivity index (χ4v) is 3.32. The SMILES string of the molecule is CCCCCCCNc1c(C(=O)c2ccc(Br)cc2)oc2ccccc12. The monoisotopic (exact) mass is 413 g/mol. The fourth-order valence-electron chi connectivity index (χ4n) is 3.06. The van der Waals surface area contributed by atoms with Gasteiger partial charge in [-0.25, -0.2) is 0 Å². The number of unbranched alkanes of at least 4 members (excludes halogenated alkanes) is 4. The molecule has 3 aromatic rings. The van der Waals surface area contributed by atoms with Crippen LogP contribution in [-0.4, -0.2) is 12.3 Å². The Labute approximate surface area is 162 Å². The van der Waals surface area contributed by atoms with Gasteiger partial charge in [0.15, 0.2) is 5.76 Å². The Morgan fingerprint density at radius 1 is 1.00 bits per heavy atom. The molecule has 0 bridgehead atoms. The summed E-state index contributed by atoms with van der Waals surface area (Å²) in [5.74, 6) is 0.296. The van der Waals surface area contributed by atoms with Crippen LogP contribution in [0.15, 0.2) is 57.4 Å². The molecule has 2 aromatic carbocycles. The Morgan fingerprint density at radius 3 is 2.50 bits per heavy atom. The Morgan fingerprint density at radius 2 is 1.73 bits per heavy atom. The topological polar surface area (TPSA) is 42.2 Å². The van der Waals surface area contributed by atoms with Gasteiger partial charge in [0.05, 0.1) is 5.69 Å². The van der Waals surface area contributed by atoms with E-state index in [1.165, 1.54) is 25.7 Å². The van der Waals surface area contributed by atoms with Crippen LogP contribution in [-0.2, 0) is 0 Å². The normalized spacial score (nSPS) is 11.0. The highest BCUT2D eigenvalue weighted by molar-refractivity contribution is 9.10. The van der Waals surface area contributed by atoms with Crippen molar-refractivity contribution in [3.05, 3.63) is 64.3 Å². The Kier molecular flexibility index (Phi) is 6.51. The van der Waals surface area contributed by atoms with Gasteiger partial charge in [-0.2, -0.15) is 0 Å². The molecule has 0 aliphatic rings. The summed E-state index contributed by atoms with van der Waals surface area (Å²) < 4.78 is 6.87. The second-order valence-electron chi connectivity index (χ2n) is 6.48. The molecular weight excluding hydrogens is 390 g/mol.